The number of rotatable bonds is 3. The summed E-state index contributed by atoms with van der Waals surface area (Å²) in [7, 11) is 0. The van der Waals surface area contributed by atoms with Crippen LogP contribution in [-0.2, 0) is 13.2 Å². The van der Waals surface area contributed by atoms with Gasteiger partial charge < -0.3 is 15.3 Å². The van der Waals surface area contributed by atoms with Crippen molar-refractivity contribution >= 4 is 5.97 Å². The minimum absolute atomic E-state index is 0.0362. The van der Waals surface area contributed by atoms with E-state index in [1.54, 1.807) is 6.07 Å². The maximum absolute atomic E-state index is 10.7. The molecule has 0 radical (unpaired) electrons. The average molecular weight is 182 g/mol. The van der Waals surface area contributed by atoms with E-state index in [-0.39, 0.29) is 18.8 Å². The van der Waals surface area contributed by atoms with Crippen molar-refractivity contribution in [2.45, 2.75) is 13.2 Å². The van der Waals surface area contributed by atoms with Crippen molar-refractivity contribution in [2.24, 2.45) is 0 Å². The summed E-state index contributed by atoms with van der Waals surface area (Å²) >= 11 is 0. The summed E-state index contributed by atoms with van der Waals surface area (Å²) < 4.78 is 0. The highest BCUT2D eigenvalue weighted by molar-refractivity contribution is 5.89. The Morgan fingerprint density at radius 2 is 1.92 bits per heavy atom. The van der Waals surface area contributed by atoms with Gasteiger partial charge in [-0.2, -0.15) is 0 Å². The average Bonchev–Trinajstić information content (AvgIpc) is 2.16. The normalized spacial score (nSPS) is 10.0. The van der Waals surface area contributed by atoms with Gasteiger partial charge in [-0.05, 0) is 17.2 Å². The topological polar surface area (TPSA) is 77.8 Å². The van der Waals surface area contributed by atoms with Gasteiger partial charge in [-0.15, -0.1) is 0 Å². The van der Waals surface area contributed by atoms with Crippen molar-refractivity contribution in [1.82, 2.24) is 0 Å². The molecule has 0 atom stereocenters. The summed E-state index contributed by atoms with van der Waals surface area (Å²) in [6, 6.07) is 4.43. The maximum atomic E-state index is 10.7. The molecule has 0 heterocycles. The molecule has 0 unspecified atom stereocenters. The van der Waals surface area contributed by atoms with Gasteiger partial charge >= 0.3 is 5.97 Å². The molecule has 0 bridgehead atoms. The van der Waals surface area contributed by atoms with Crippen LogP contribution >= 0.6 is 0 Å². The van der Waals surface area contributed by atoms with Gasteiger partial charge in [0.25, 0.3) is 0 Å². The number of carboxylic acids is 1. The van der Waals surface area contributed by atoms with Crippen LogP contribution in [0.3, 0.4) is 0 Å². The Labute approximate surface area is 75.1 Å². The van der Waals surface area contributed by atoms with Gasteiger partial charge in [-0.3, -0.25) is 0 Å². The fourth-order valence-corrected chi connectivity index (χ4v) is 1.06. The third-order valence-electron chi connectivity index (χ3n) is 1.76. The number of benzene rings is 1. The van der Waals surface area contributed by atoms with Crippen molar-refractivity contribution in [3.8, 4) is 0 Å². The predicted molar refractivity (Wildman–Crippen MR) is 45.2 cm³/mol. The van der Waals surface area contributed by atoms with Crippen LogP contribution in [0.1, 0.15) is 21.5 Å². The lowest BCUT2D eigenvalue weighted by Crippen LogP contribution is -2.03. The summed E-state index contributed by atoms with van der Waals surface area (Å²) in [6.07, 6.45) is 0. The molecule has 13 heavy (non-hydrogen) atoms. The number of hydrogen-bond donors (Lipinski definition) is 3. The van der Waals surface area contributed by atoms with Gasteiger partial charge in [0.1, 0.15) is 0 Å². The van der Waals surface area contributed by atoms with Crippen molar-refractivity contribution < 1.29 is 20.1 Å². The molecule has 3 N–H and O–H groups in total. The first-order valence-electron chi connectivity index (χ1n) is 3.76. The number of aromatic carboxylic acids is 1. The number of hydrogen-bond acceptors (Lipinski definition) is 3. The zero-order valence-electron chi connectivity index (χ0n) is 6.90. The molecule has 0 aliphatic rings. The SMILES string of the molecule is O=C(O)c1cc(CO)ccc1CO. The van der Waals surface area contributed by atoms with E-state index in [9.17, 15) is 4.79 Å². The molecule has 1 rings (SSSR count). The second kappa shape index (κ2) is 4.02. The maximum Gasteiger partial charge on any atom is 0.336 e. The van der Waals surface area contributed by atoms with Crippen LogP contribution in [0.25, 0.3) is 0 Å². The molecule has 0 spiro atoms. The van der Waals surface area contributed by atoms with Gasteiger partial charge in [0.05, 0.1) is 18.8 Å². The molecule has 0 aromatic heterocycles. The Hall–Kier alpha value is -1.39. The first-order valence-corrected chi connectivity index (χ1v) is 3.76. The van der Waals surface area contributed by atoms with Gasteiger partial charge in [0.15, 0.2) is 0 Å². The highest BCUT2D eigenvalue weighted by atomic mass is 16.4. The summed E-state index contributed by atoms with van der Waals surface area (Å²) in [6.45, 7) is -0.515. The lowest BCUT2D eigenvalue weighted by Gasteiger charge is -2.04. The number of aliphatic hydroxyl groups excluding tert-OH is 2. The second-order valence-electron chi connectivity index (χ2n) is 2.61. The van der Waals surface area contributed by atoms with Crippen LogP contribution in [0.15, 0.2) is 18.2 Å². The quantitative estimate of drug-likeness (QED) is 0.631. The van der Waals surface area contributed by atoms with E-state index in [0.29, 0.717) is 11.1 Å². The van der Waals surface area contributed by atoms with Crippen LogP contribution in [0.5, 0.6) is 0 Å². The minimum atomic E-state index is -1.10. The lowest BCUT2D eigenvalue weighted by atomic mass is 10.0. The molecule has 0 saturated carbocycles. The lowest BCUT2D eigenvalue weighted by molar-refractivity contribution is 0.0693. The van der Waals surface area contributed by atoms with E-state index >= 15 is 0 Å². The van der Waals surface area contributed by atoms with Gasteiger partial charge in [0.2, 0.25) is 0 Å². The summed E-state index contributed by atoms with van der Waals surface area (Å²) in [5.41, 5.74) is 0.911. The Bertz CT molecular complexity index is 319. The highest BCUT2D eigenvalue weighted by Crippen LogP contribution is 2.12. The van der Waals surface area contributed by atoms with E-state index in [4.69, 9.17) is 15.3 Å². The summed E-state index contributed by atoms with van der Waals surface area (Å²) in [5.74, 6) is -1.10. The number of carboxylic acid groups (broad SMARTS) is 1. The molecule has 0 amide bonds. The van der Waals surface area contributed by atoms with Gasteiger partial charge in [-0.25, -0.2) is 4.79 Å². The first-order chi connectivity index (χ1) is 6.19. The van der Waals surface area contributed by atoms with Gasteiger partial charge in [-0.1, -0.05) is 12.1 Å². The van der Waals surface area contributed by atoms with Crippen LogP contribution < -0.4 is 0 Å². The fraction of sp³-hybridized carbons (Fsp3) is 0.222. The number of carbonyl (C=O) groups is 1. The summed E-state index contributed by atoms with van der Waals surface area (Å²) in [4.78, 5) is 10.7. The molecule has 1 aromatic carbocycles. The molecular weight excluding hydrogens is 172 g/mol. The first kappa shape index (κ1) is 9.70. The molecule has 4 heteroatoms. The van der Waals surface area contributed by atoms with Crippen molar-refractivity contribution in [1.29, 1.82) is 0 Å². The van der Waals surface area contributed by atoms with Crippen LogP contribution in [-0.4, -0.2) is 21.3 Å². The number of aliphatic hydroxyl groups is 2. The van der Waals surface area contributed by atoms with Crippen LogP contribution in [0.2, 0.25) is 0 Å². The smallest absolute Gasteiger partial charge is 0.336 e. The van der Waals surface area contributed by atoms with E-state index < -0.39 is 5.97 Å². The third kappa shape index (κ3) is 2.05. The largest absolute Gasteiger partial charge is 0.478 e. The van der Waals surface area contributed by atoms with Crippen molar-refractivity contribution in [2.75, 3.05) is 0 Å². The monoisotopic (exact) mass is 182 g/mol. The predicted octanol–water partition coefficient (Wildman–Crippen LogP) is 0.369. The Balaban J connectivity index is 3.18. The molecule has 0 saturated heterocycles. The molecule has 0 aliphatic heterocycles. The molecule has 70 valence electrons. The standard InChI is InChI=1S/C9H10O4/c10-4-6-1-2-7(5-11)8(3-6)9(12)13/h1-3,10-11H,4-5H2,(H,12,13). The van der Waals surface area contributed by atoms with Crippen LogP contribution in [0, 0.1) is 0 Å². The molecule has 1 aromatic rings. The van der Waals surface area contributed by atoms with E-state index in [1.807, 2.05) is 0 Å². The third-order valence-corrected chi connectivity index (χ3v) is 1.76. The highest BCUT2D eigenvalue weighted by Gasteiger charge is 2.09. The Kier molecular flexibility index (Phi) is 3.00. The molecule has 0 fully saturated rings. The molecule has 0 aliphatic carbocycles. The fourth-order valence-electron chi connectivity index (χ4n) is 1.06. The van der Waals surface area contributed by atoms with E-state index in [1.165, 1.54) is 12.1 Å². The molecule has 4 nitrogen and oxygen atoms in total. The zero-order valence-corrected chi connectivity index (χ0v) is 6.90. The Morgan fingerprint density at radius 1 is 1.23 bits per heavy atom. The van der Waals surface area contributed by atoms with Crippen molar-refractivity contribution in [3.63, 3.8) is 0 Å². The second-order valence-corrected chi connectivity index (χ2v) is 2.61. The van der Waals surface area contributed by atoms with Crippen LogP contribution in [0.4, 0.5) is 0 Å². The minimum Gasteiger partial charge on any atom is -0.478 e. The van der Waals surface area contributed by atoms with E-state index in [0.717, 1.165) is 0 Å². The molecular formula is C9H10O4. The zero-order chi connectivity index (χ0) is 9.84. The Morgan fingerprint density at radius 3 is 2.38 bits per heavy atom. The van der Waals surface area contributed by atoms with E-state index in [2.05, 4.69) is 0 Å². The van der Waals surface area contributed by atoms with Gasteiger partial charge in [0, 0.05) is 0 Å². The van der Waals surface area contributed by atoms with Crippen molar-refractivity contribution in [3.05, 3.63) is 34.9 Å². The summed E-state index contributed by atoms with van der Waals surface area (Å²) in [5, 5.41) is 26.3.